The zero-order valence-electron chi connectivity index (χ0n) is 12.5. The Bertz CT molecular complexity index is 253. The molecule has 100 valence electrons. The van der Waals surface area contributed by atoms with Gasteiger partial charge in [-0.2, -0.15) is 0 Å². The van der Waals surface area contributed by atoms with E-state index in [1.54, 1.807) is 0 Å². The van der Waals surface area contributed by atoms with E-state index in [9.17, 15) is 0 Å². The second-order valence-corrected chi connectivity index (χ2v) is 7.98. The van der Waals surface area contributed by atoms with Crippen molar-refractivity contribution in [2.45, 2.75) is 72.3 Å². The molecule has 0 heterocycles. The summed E-state index contributed by atoms with van der Waals surface area (Å²) in [4.78, 5) is 0. The van der Waals surface area contributed by atoms with Crippen LogP contribution in [0, 0.1) is 23.2 Å². The molecule has 0 amide bonds. The molecule has 2 saturated carbocycles. The third kappa shape index (κ3) is 3.24. The average Bonchev–Trinajstić information content (AvgIpc) is 2.88. The molecule has 2 rings (SSSR count). The zero-order chi connectivity index (χ0) is 12.7. The molecular formula is C16H31N. The fourth-order valence-corrected chi connectivity index (χ4v) is 3.64. The van der Waals surface area contributed by atoms with Crippen molar-refractivity contribution in [1.29, 1.82) is 0 Å². The van der Waals surface area contributed by atoms with Crippen molar-refractivity contribution in [3.63, 3.8) is 0 Å². The Morgan fingerprint density at radius 1 is 1.18 bits per heavy atom. The van der Waals surface area contributed by atoms with Crippen molar-refractivity contribution in [2.75, 3.05) is 6.54 Å². The maximum atomic E-state index is 3.69. The first-order valence-corrected chi connectivity index (χ1v) is 7.57. The maximum Gasteiger partial charge on any atom is 0.00966 e. The van der Waals surface area contributed by atoms with Crippen molar-refractivity contribution < 1.29 is 0 Å². The highest BCUT2D eigenvalue weighted by Crippen LogP contribution is 2.62. The summed E-state index contributed by atoms with van der Waals surface area (Å²) in [7, 11) is 0. The van der Waals surface area contributed by atoms with E-state index in [0.29, 0.717) is 5.54 Å². The minimum Gasteiger partial charge on any atom is -0.312 e. The Morgan fingerprint density at radius 2 is 1.76 bits per heavy atom. The molecule has 2 aliphatic carbocycles. The highest BCUT2D eigenvalue weighted by Gasteiger charge is 2.54. The lowest BCUT2D eigenvalue weighted by atomic mass is 9.74. The summed E-state index contributed by atoms with van der Waals surface area (Å²) in [5.74, 6) is 2.89. The van der Waals surface area contributed by atoms with Gasteiger partial charge in [0.1, 0.15) is 0 Å². The van der Waals surface area contributed by atoms with Crippen LogP contribution < -0.4 is 5.32 Å². The fraction of sp³-hybridized carbons (Fsp3) is 1.00. The van der Waals surface area contributed by atoms with Crippen LogP contribution >= 0.6 is 0 Å². The quantitative estimate of drug-likeness (QED) is 0.774. The first kappa shape index (κ1) is 13.4. The van der Waals surface area contributed by atoms with E-state index < -0.39 is 0 Å². The molecule has 0 aromatic rings. The molecule has 0 aromatic carbocycles. The molecule has 2 fully saturated rings. The lowest BCUT2D eigenvalue weighted by Gasteiger charge is -2.32. The second-order valence-electron chi connectivity index (χ2n) is 7.98. The van der Waals surface area contributed by atoms with Crippen molar-refractivity contribution in [3.8, 4) is 0 Å². The van der Waals surface area contributed by atoms with Crippen molar-refractivity contribution in [3.05, 3.63) is 0 Å². The van der Waals surface area contributed by atoms with Crippen molar-refractivity contribution in [1.82, 2.24) is 5.32 Å². The third-order valence-electron chi connectivity index (χ3n) is 5.21. The minimum atomic E-state index is 0.291. The molecule has 1 heteroatoms. The highest BCUT2D eigenvalue weighted by atomic mass is 15.0. The third-order valence-corrected chi connectivity index (χ3v) is 5.21. The van der Waals surface area contributed by atoms with Crippen molar-refractivity contribution in [2.24, 2.45) is 23.2 Å². The van der Waals surface area contributed by atoms with E-state index in [2.05, 4.69) is 39.9 Å². The summed E-state index contributed by atoms with van der Waals surface area (Å²) in [5, 5.41) is 3.69. The molecule has 2 aliphatic rings. The summed E-state index contributed by atoms with van der Waals surface area (Å²) >= 11 is 0. The molecule has 0 radical (unpaired) electrons. The van der Waals surface area contributed by atoms with Gasteiger partial charge in [-0.05, 0) is 82.6 Å². The lowest BCUT2D eigenvalue weighted by Crippen LogP contribution is -2.38. The van der Waals surface area contributed by atoms with Gasteiger partial charge in [0.2, 0.25) is 0 Å². The van der Waals surface area contributed by atoms with E-state index in [4.69, 9.17) is 0 Å². The predicted molar refractivity (Wildman–Crippen MR) is 75.1 cm³/mol. The molecule has 1 spiro atoms. The maximum absolute atomic E-state index is 3.69. The van der Waals surface area contributed by atoms with Crippen LogP contribution in [0.2, 0.25) is 0 Å². The SMILES string of the molecule is CC(C)C1CCC2(CC1)CC2CNC(C)(C)C. The number of nitrogens with one attached hydrogen (secondary N) is 1. The molecule has 1 atom stereocenters. The van der Waals surface area contributed by atoms with Crippen LogP contribution in [0.5, 0.6) is 0 Å². The first-order chi connectivity index (χ1) is 7.82. The van der Waals surface area contributed by atoms with E-state index in [0.717, 1.165) is 23.2 Å². The van der Waals surface area contributed by atoms with Crippen LogP contribution in [0.3, 0.4) is 0 Å². The van der Waals surface area contributed by atoms with Crippen LogP contribution in [0.15, 0.2) is 0 Å². The molecule has 1 unspecified atom stereocenters. The van der Waals surface area contributed by atoms with Gasteiger partial charge in [-0.1, -0.05) is 13.8 Å². The number of hydrogen-bond donors (Lipinski definition) is 1. The summed E-state index contributed by atoms with van der Waals surface area (Å²) in [6.07, 6.45) is 7.49. The van der Waals surface area contributed by atoms with Crippen LogP contribution in [0.25, 0.3) is 0 Å². The van der Waals surface area contributed by atoms with Gasteiger partial charge in [0.25, 0.3) is 0 Å². The van der Waals surface area contributed by atoms with Gasteiger partial charge in [-0.3, -0.25) is 0 Å². The number of rotatable bonds is 3. The van der Waals surface area contributed by atoms with E-state index in [1.807, 2.05) is 0 Å². The van der Waals surface area contributed by atoms with Crippen LogP contribution in [0.4, 0.5) is 0 Å². The normalized spacial score (nSPS) is 37.8. The molecular weight excluding hydrogens is 206 g/mol. The monoisotopic (exact) mass is 237 g/mol. The molecule has 0 aliphatic heterocycles. The summed E-state index contributed by atoms with van der Waals surface area (Å²) in [6, 6.07) is 0. The van der Waals surface area contributed by atoms with E-state index in [-0.39, 0.29) is 0 Å². The largest absolute Gasteiger partial charge is 0.312 e. The standard InChI is InChI=1S/C16H31N/c1-12(2)13-6-8-16(9-7-13)10-14(16)11-17-15(3,4)5/h12-14,17H,6-11H2,1-5H3. The zero-order valence-corrected chi connectivity index (χ0v) is 12.5. The summed E-state index contributed by atoms with van der Waals surface area (Å²) in [6.45, 7) is 12.9. The van der Waals surface area contributed by atoms with Crippen molar-refractivity contribution >= 4 is 0 Å². The fourth-order valence-electron chi connectivity index (χ4n) is 3.64. The smallest absolute Gasteiger partial charge is 0.00966 e. The predicted octanol–water partition coefficient (Wildman–Crippen LogP) is 4.23. The minimum absolute atomic E-state index is 0.291. The number of hydrogen-bond acceptors (Lipinski definition) is 1. The molecule has 1 nitrogen and oxygen atoms in total. The Hall–Kier alpha value is -0.0400. The van der Waals surface area contributed by atoms with Gasteiger partial charge in [0.05, 0.1) is 0 Å². The molecule has 0 bridgehead atoms. The first-order valence-electron chi connectivity index (χ1n) is 7.57. The van der Waals surface area contributed by atoms with E-state index in [1.165, 1.54) is 38.6 Å². The van der Waals surface area contributed by atoms with E-state index >= 15 is 0 Å². The molecule has 0 aromatic heterocycles. The Kier molecular flexibility index (Phi) is 3.60. The molecule has 0 saturated heterocycles. The Balaban J connectivity index is 1.75. The highest BCUT2D eigenvalue weighted by molar-refractivity contribution is 5.05. The molecule has 17 heavy (non-hydrogen) atoms. The van der Waals surface area contributed by atoms with Gasteiger partial charge >= 0.3 is 0 Å². The van der Waals surface area contributed by atoms with Crippen LogP contribution in [0.1, 0.15) is 66.7 Å². The van der Waals surface area contributed by atoms with Gasteiger partial charge in [0.15, 0.2) is 0 Å². The van der Waals surface area contributed by atoms with Gasteiger partial charge in [0, 0.05) is 5.54 Å². The lowest BCUT2D eigenvalue weighted by molar-refractivity contribution is 0.195. The average molecular weight is 237 g/mol. The summed E-state index contributed by atoms with van der Waals surface area (Å²) in [5.41, 5.74) is 1.06. The Labute approximate surface area is 108 Å². The summed E-state index contributed by atoms with van der Waals surface area (Å²) < 4.78 is 0. The van der Waals surface area contributed by atoms with Crippen LogP contribution in [-0.2, 0) is 0 Å². The Morgan fingerprint density at radius 3 is 2.24 bits per heavy atom. The topological polar surface area (TPSA) is 12.0 Å². The van der Waals surface area contributed by atoms with Gasteiger partial charge in [-0.15, -0.1) is 0 Å². The second kappa shape index (κ2) is 4.57. The van der Waals surface area contributed by atoms with Gasteiger partial charge in [-0.25, -0.2) is 0 Å². The molecule has 1 N–H and O–H groups in total. The van der Waals surface area contributed by atoms with Crippen LogP contribution in [-0.4, -0.2) is 12.1 Å². The van der Waals surface area contributed by atoms with Gasteiger partial charge < -0.3 is 5.32 Å².